The lowest BCUT2D eigenvalue weighted by atomic mass is 10.3. The monoisotopic (exact) mass is 192 g/mol. The molecule has 72 valence electrons. The largest absolute Gasteiger partial charge is 0.265 e. The smallest absolute Gasteiger partial charge is 0.248 e. The fraction of sp³-hybridized carbons (Fsp3) is 0.200. The standard InChI is InChI=1S/C10H11FN3/c11-6-7-13-8-12-14(9-13)10-4-2-1-3-5-10/h1-5,8-9H,6-7H2/q+1. The van der Waals surface area contributed by atoms with E-state index in [0.29, 0.717) is 6.54 Å². The molecule has 0 saturated carbocycles. The normalized spacial score (nSPS) is 10.4. The summed E-state index contributed by atoms with van der Waals surface area (Å²) in [6.45, 7) is -0.0159. The Balaban J connectivity index is 2.25. The Labute approximate surface area is 81.4 Å². The van der Waals surface area contributed by atoms with Gasteiger partial charge in [-0.05, 0) is 12.1 Å². The highest BCUT2D eigenvalue weighted by Gasteiger charge is 2.06. The summed E-state index contributed by atoms with van der Waals surface area (Å²) in [6.07, 6.45) is 3.39. The Hall–Kier alpha value is -1.71. The lowest BCUT2D eigenvalue weighted by molar-refractivity contribution is -0.697. The zero-order chi connectivity index (χ0) is 9.80. The van der Waals surface area contributed by atoms with Gasteiger partial charge in [0.1, 0.15) is 12.4 Å². The number of benzene rings is 1. The lowest BCUT2D eigenvalue weighted by Crippen LogP contribution is -2.31. The van der Waals surface area contributed by atoms with Crippen LogP contribution in [0.4, 0.5) is 4.39 Å². The third kappa shape index (κ3) is 1.79. The topological polar surface area (TPSA) is 21.7 Å². The molecule has 1 heterocycles. The van der Waals surface area contributed by atoms with Gasteiger partial charge < -0.3 is 0 Å². The average molecular weight is 192 g/mol. The summed E-state index contributed by atoms with van der Waals surface area (Å²) in [4.78, 5) is 0. The second kappa shape index (κ2) is 4.00. The van der Waals surface area contributed by atoms with Crippen molar-refractivity contribution in [1.82, 2.24) is 9.78 Å². The van der Waals surface area contributed by atoms with Gasteiger partial charge in [0.15, 0.2) is 0 Å². The maximum absolute atomic E-state index is 12.0. The molecule has 4 heteroatoms. The van der Waals surface area contributed by atoms with Crippen molar-refractivity contribution in [2.45, 2.75) is 6.54 Å². The molecule has 3 nitrogen and oxygen atoms in total. The maximum atomic E-state index is 12.0. The quantitative estimate of drug-likeness (QED) is 0.668. The van der Waals surface area contributed by atoms with Gasteiger partial charge >= 0.3 is 0 Å². The Morgan fingerprint density at radius 2 is 2.07 bits per heavy atom. The molecule has 0 bridgehead atoms. The van der Waals surface area contributed by atoms with E-state index < -0.39 is 0 Å². The second-order valence-electron chi connectivity index (χ2n) is 2.95. The van der Waals surface area contributed by atoms with E-state index in [-0.39, 0.29) is 6.67 Å². The molecule has 0 saturated heterocycles. The summed E-state index contributed by atoms with van der Waals surface area (Å²) >= 11 is 0. The molecule has 0 atom stereocenters. The zero-order valence-corrected chi connectivity index (χ0v) is 7.68. The van der Waals surface area contributed by atoms with Crippen LogP contribution in [0.2, 0.25) is 0 Å². The molecule has 1 aromatic carbocycles. The number of para-hydroxylation sites is 1. The van der Waals surface area contributed by atoms with E-state index in [2.05, 4.69) is 5.10 Å². The van der Waals surface area contributed by atoms with Gasteiger partial charge in [-0.25, -0.2) is 8.96 Å². The minimum atomic E-state index is -0.370. The highest BCUT2D eigenvalue weighted by molar-refractivity contribution is 5.28. The first-order valence-electron chi connectivity index (χ1n) is 4.45. The molecule has 14 heavy (non-hydrogen) atoms. The van der Waals surface area contributed by atoms with Crippen LogP contribution in [0.25, 0.3) is 5.69 Å². The van der Waals surface area contributed by atoms with Crippen LogP contribution in [0, 0.1) is 0 Å². The van der Waals surface area contributed by atoms with Crippen LogP contribution in [-0.2, 0) is 6.54 Å². The summed E-state index contributed by atoms with van der Waals surface area (Å²) in [6, 6.07) is 9.73. The van der Waals surface area contributed by atoms with Crippen molar-refractivity contribution in [2.24, 2.45) is 0 Å². The van der Waals surface area contributed by atoms with Crippen LogP contribution in [0.15, 0.2) is 43.0 Å². The highest BCUT2D eigenvalue weighted by Crippen LogP contribution is 2.01. The number of aromatic nitrogens is 3. The summed E-state index contributed by atoms with van der Waals surface area (Å²) < 4.78 is 15.5. The maximum Gasteiger partial charge on any atom is 0.265 e. The van der Waals surface area contributed by atoms with Crippen LogP contribution < -0.4 is 4.57 Å². The number of rotatable bonds is 3. The Kier molecular flexibility index (Phi) is 2.53. The Morgan fingerprint density at radius 3 is 2.79 bits per heavy atom. The van der Waals surface area contributed by atoms with Gasteiger partial charge in [0.2, 0.25) is 6.33 Å². The van der Waals surface area contributed by atoms with E-state index in [1.54, 1.807) is 21.9 Å². The first-order chi connectivity index (χ1) is 6.90. The molecule has 0 fully saturated rings. The molecule has 0 radical (unpaired) electrons. The molecule has 2 aromatic rings. The zero-order valence-electron chi connectivity index (χ0n) is 7.68. The van der Waals surface area contributed by atoms with Gasteiger partial charge in [0, 0.05) is 5.10 Å². The van der Waals surface area contributed by atoms with Gasteiger partial charge in [-0.3, -0.25) is 0 Å². The van der Waals surface area contributed by atoms with E-state index >= 15 is 0 Å². The van der Waals surface area contributed by atoms with E-state index in [0.717, 1.165) is 5.69 Å². The van der Waals surface area contributed by atoms with E-state index in [4.69, 9.17) is 0 Å². The number of hydrogen-bond acceptors (Lipinski definition) is 1. The molecule has 0 aliphatic carbocycles. The molecule has 0 spiro atoms. The number of nitrogens with zero attached hydrogens (tertiary/aromatic N) is 3. The number of aryl methyl sites for hydroxylation is 1. The molecule has 0 amide bonds. The van der Waals surface area contributed by atoms with Crippen molar-refractivity contribution in [3.8, 4) is 5.69 Å². The van der Waals surface area contributed by atoms with Crippen molar-refractivity contribution >= 4 is 0 Å². The van der Waals surface area contributed by atoms with Crippen LogP contribution in [0.5, 0.6) is 0 Å². The number of halogens is 1. The molecular formula is C10H11FN3+. The predicted octanol–water partition coefficient (Wildman–Crippen LogP) is 1.13. The SMILES string of the molecule is FCC[n+]1cnn(-c2ccccc2)c1. The highest BCUT2D eigenvalue weighted by atomic mass is 19.1. The van der Waals surface area contributed by atoms with Crippen molar-refractivity contribution in [3.05, 3.63) is 43.0 Å². The van der Waals surface area contributed by atoms with E-state index in [1.165, 1.54) is 0 Å². The van der Waals surface area contributed by atoms with Gasteiger partial charge in [0.05, 0.1) is 6.54 Å². The van der Waals surface area contributed by atoms with Crippen molar-refractivity contribution in [1.29, 1.82) is 0 Å². The fourth-order valence-electron chi connectivity index (χ4n) is 1.25. The predicted molar refractivity (Wildman–Crippen MR) is 49.7 cm³/mol. The van der Waals surface area contributed by atoms with Crippen LogP contribution in [0.3, 0.4) is 0 Å². The Morgan fingerprint density at radius 1 is 1.29 bits per heavy atom. The molecule has 0 unspecified atom stereocenters. The van der Waals surface area contributed by atoms with Crippen LogP contribution >= 0.6 is 0 Å². The minimum absolute atomic E-state index is 0.354. The van der Waals surface area contributed by atoms with Gasteiger partial charge in [-0.2, -0.15) is 0 Å². The Bertz CT molecular complexity index is 397. The summed E-state index contributed by atoms with van der Waals surface area (Å²) in [5.74, 6) is 0. The lowest BCUT2D eigenvalue weighted by Gasteiger charge is -1.90. The summed E-state index contributed by atoms with van der Waals surface area (Å²) in [5.41, 5.74) is 0.977. The molecule has 2 rings (SSSR count). The molecule has 0 aliphatic heterocycles. The average Bonchev–Trinajstić information content (AvgIpc) is 2.68. The third-order valence-corrected chi connectivity index (χ3v) is 1.95. The van der Waals surface area contributed by atoms with Gasteiger partial charge in [0.25, 0.3) is 6.33 Å². The van der Waals surface area contributed by atoms with Gasteiger partial charge in [-0.15, -0.1) is 0 Å². The van der Waals surface area contributed by atoms with Crippen LogP contribution in [0.1, 0.15) is 0 Å². The van der Waals surface area contributed by atoms with Crippen molar-refractivity contribution in [3.63, 3.8) is 0 Å². The van der Waals surface area contributed by atoms with E-state index in [9.17, 15) is 4.39 Å². The molecule has 1 aromatic heterocycles. The number of alkyl halides is 1. The number of hydrogen-bond donors (Lipinski definition) is 0. The van der Waals surface area contributed by atoms with Crippen molar-refractivity contribution in [2.75, 3.05) is 6.67 Å². The molecule has 0 N–H and O–H groups in total. The minimum Gasteiger partial charge on any atom is -0.248 e. The summed E-state index contributed by atoms with van der Waals surface area (Å²) in [5, 5.41) is 4.12. The fourth-order valence-corrected chi connectivity index (χ4v) is 1.25. The third-order valence-electron chi connectivity index (χ3n) is 1.95. The first-order valence-corrected chi connectivity index (χ1v) is 4.45. The summed E-state index contributed by atoms with van der Waals surface area (Å²) in [7, 11) is 0. The first kappa shape index (κ1) is 8.87. The van der Waals surface area contributed by atoms with E-state index in [1.807, 2.05) is 30.3 Å². The molecule has 0 aliphatic rings. The second-order valence-corrected chi connectivity index (χ2v) is 2.95. The van der Waals surface area contributed by atoms with Gasteiger partial charge in [-0.1, -0.05) is 22.9 Å². The van der Waals surface area contributed by atoms with Crippen molar-refractivity contribution < 1.29 is 8.96 Å². The van der Waals surface area contributed by atoms with Crippen LogP contribution in [-0.4, -0.2) is 16.5 Å². The molecular weight excluding hydrogens is 181 g/mol.